The van der Waals surface area contributed by atoms with Gasteiger partial charge in [0.15, 0.2) is 0 Å². The average Bonchev–Trinajstić information content (AvgIpc) is 3.22. The molecule has 1 aliphatic heterocycles. The van der Waals surface area contributed by atoms with Crippen LogP contribution in [-0.2, 0) is 24.2 Å². The molecule has 0 saturated heterocycles. The number of hydrogen-bond acceptors (Lipinski definition) is 3. The van der Waals surface area contributed by atoms with Gasteiger partial charge in [0.25, 0.3) is 11.8 Å². The Hall–Kier alpha value is -4.51. The highest BCUT2D eigenvalue weighted by Gasteiger charge is 2.40. The van der Waals surface area contributed by atoms with Crippen LogP contribution in [0.1, 0.15) is 55.4 Å². The molecule has 4 aromatic carbocycles. The standard InChI is InChI=1S/C34H30N2O3/c37-31(23-36-33(38)29-17-9-10-18-30(29)34(36)39)35(22-25-13-5-2-6-14-25)32-27(21-24-11-3-1-4-12-24)20-19-26-15-7-8-16-28(26)32/h1-18,27,32H,19-23H2/t27-,32+/m1/s1. The maximum absolute atomic E-state index is 14.2. The lowest BCUT2D eigenvalue weighted by atomic mass is 9.76. The zero-order valence-corrected chi connectivity index (χ0v) is 21.7. The number of aryl methyl sites for hydroxylation is 1. The van der Waals surface area contributed by atoms with Crippen LogP contribution in [0.5, 0.6) is 0 Å². The number of nitrogens with zero attached hydrogens (tertiary/aromatic N) is 2. The summed E-state index contributed by atoms with van der Waals surface area (Å²) >= 11 is 0. The lowest BCUT2D eigenvalue weighted by Crippen LogP contribution is -2.46. The first-order chi connectivity index (χ1) is 19.1. The molecule has 3 amide bonds. The normalized spacial score (nSPS) is 18.0. The van der Waals surface area contributed by atoms with Crippen molar-refractivity contribution >= 4 is 17.7 Å². The Labute approximate surface area is 228 Å². The molecule has 1 aliphatic carbocycles. The molecule has 39 heavy (non-hydrogen) atoms. The van der Waals surface area contributed by atoms with E-state index in [-0.39, 0.29) is 24.4 Å². The van der Waals surface area contributed by atoms with E-state index < -0.39 is 11.8 Å². The molecule has 2 aliphatic rings. The molecule has 0 fully saturated rings. The molecule has 194 valence electrons. The summed E-state index contributed by atoms with van der Waals surface area (Å²) < 4.78 is 0. The van der Waals surface area contributed by atoms with Gasteiger partial charge in [-0.15, -0.1) is 0 Å². The number of carbonyl (C=O) groups excluding carboxylic acids is 3. The van der Waals surface area contributed by atoms with Gasteiger partial charge in [-0.1, -0.05) is 97.1 Å². The van der Waals surface area contributed by atoms with Gasteiger partial charge in [0.1, 0.15) is 6.54 Å². The molecule has 1 heterocycles. The Morgan fingerprint density at radius 3 is 1.95 bits per heavy atom. The van der Waals surface area contributed by atoms with Crippen LogP contribution in [0.4, 0.5) is 0 Å². The third-order valence-corrected chi connectivity index (χ3v) is 7.97. The maximum atomic E-state index is 14.2. The quantitative estimate of drug-likeness (QED) is 0.291. The summed E-state index contributed by atoms with van der Waals surface area (Å²) in [6.07, 6.45) is 2.74. The Bertz CT molecular complexity index is 1480. The molecular weight excluding hydrogens is 484 g/mol. The van der Waals surface area contributed by atoms with E-state index in [2.05, 4.69) is 42.5 Å². The first kappa shape index (κ1) is 24.8. The molecule has 0 N–H and O–H groups in total. The molecular formula is C34H30N2O3. The SMILES string of the molecule is O=C1c2ccccc2C(=O)N1CC(=O)N(Cc1ccccc1)[C@@H]1c2ccccc2CC[C@@H]1Cc1ccccc1. The summed E-state index contributed by atoms with van der Waals surface area (Å²) in [5, 5.41) is 0. The molecule has 2 atom stereocenters. The molecule has 0 unspecified atom stereocenters. The highest BCUT2D eigenvalue weighted by Crippen LogP contribution is 2.41. The number of carbonyl (C=O) groups is 3. The zero-order valence-electron chi connectivity index (χ0n) is 21.7. The van der Waals surface area contributed by atoms with Crippen molar-refractivity contribution in [2.24, 2.45) is 5.92 Å². The van der Waals surface area contributed by atoms with Crippen LogP contribution in [0.15, 0.2) is 109 Å². The van der Waals surface area contributed by atoms with Gasteiger partial charge >= 0.3 is 0 Å². The number of benzene rings is 4. The molecule has 0 radical (unpaired) electrons. The van der Waals surface area contributed by atoms with Crippen molar-refractivity contribution < 1.29 is 14.4 Å². The summed E-state index contributed by atoms with van der Waals surface area (Å²) in [6.45, 7) is 0.114. The van der Waals surface area contributed by atoms with E-state index >= 15 is 0 Å². The number of rotatable bonds is 7. The molecule has 4 aromatic rings. The smallest absolute Gasteiger partial charge is 0.262 e. The van der Waals surface area contributed by atoms with Crippen molar-refractivity contribution in [2.75, 3.05) is 6.54 Å². The fourth-order valence-corrected chi connectivity index (χ4v) is 6.09. The second-order valence-corrected chi connectivity index (χ2v) is 10.4. The second kappa shape index (κ2) is 10.7. The van der Waals surface area contributed by atoms with Crippen molar-refractivity contribution in [3.05, 3.63) is 143 Å². The number of hydrogen-bond donors (Lipinski definition) is 0. The Kier molecular flexibility index (Phi) is 6.80. The topological polar surface area (TPSA) is 57.7 Å². The van der Waals surface area contributed by atoms with Crippen LogP contribution in [0, 0.1) is 5.92 Å². The van der Waals surface area contributed by atoms with E-state index in [1.54, 1.807) is 24.3 Å². The molecule has 6 rings (SSSR count). The summed E-state index contributed by atoms with van der Waals surface area (Å²) in [5.41, 5.74) is 5.36. The highest BCUT2D eigenvalue weighted by atomic mass is 16.2. The van der Waals surface area contributed by atoms with Crippen LogP contribution < -0.4 is 0 Å². The minimum absolute atomic E-state index is 0.182. The van der Waals surface area contributed by atoms with Gasteiger partial charge in [-0.2, -0.15) is 0 Å². The van der Waals surface area contributed by atoms with Crippen LogP contribution in [0.3, 0.4) is 0 Å². The number of amides is 3. The first-order valence-electron chi connectivity index (χ1n) is 13.5. The molecule has 0 bridgehead atoms. The lowest BCUT2D eigenvalue weighted by Gasteiger charge is -2.42. The van der Waals surface area contributed by atoms with Gasteiger partial charge in [0.2, 0.25) is 5.91 Å². The van der Waals surface area contributed by atoms with Crippen LogP contribution in [0.2, 0.25) is 0 Å². The summed E-state index contributed by atoms with van der Waals surface area (Å²) in [4.78, 5) is 43.5. The van der Waals surface area contributed by atoms with E-state index in [4.69, 9.17) is 0 Å². The van der Waals surface area contributed by atoms with Crippen molar-refractivity contribution in [3.63, 3.8) is 0 Å². The fourth-order valence-electron chi connectivity index (χ4n) is 6.09. The molecule has 5 heteroatoms. The fraction of sp³-hybridized carbons (Fsp3) is 0.206. The van der Waals surface area contributed by atoms with Gasteiger partial charge in [0.05, 0.1) is 17.2 Å². The van der Waals surface area contributed by atoms with Crippen molar-refractivity contribution in [2.45, 2.75) is 31.8 Å². The lowest BCUT2D eigenvalue weighted by molar-refractivity contribution is -0.136. The minimum Gasteiger partial charge on any atom is -0.329 e. The van der Waals surface area contributed by atoms with Crippen LogP contribution in [0.25, 0.3) is 0 Å². The number of imide groups is 1. The van der Waals surface area contributed by atoms with E-state index in [1.165, 1.54) is 11.1 Å². The first-order valence-corrected chi connectivity index (χ1v) is 13.5. The van der Waals surface area contributed by atoms with Crippen LogP contribution in [-0.4, -0.2) is 34.1 Å². The zero-order chi connectivity index (χ0) is 26.8. The van der Waals surface area contributed by atoms with Crippen molar-refractivity contribution in [1.29, 1.82) is 0 Å². The molecule has 0 aromatic heterocycles. The van der Waals surface area contributed by atoms with E-state index in [0.717, 1.165) is 35.3 Å². The van der Waals surface area contributed by atoms with Crippen molar-refractivity contribution in [1.82, 2.24) is 9.80 Å². The second-order valence-electron chi connectivity index (χ2n) is 10.4. The largest absolute Gasteiger partial charge is 0.329 e. The predicted octanol–water partition coefficient (Wildman–Crippen LogP) is 5.86. The van der Waals surface area contributed by atoms with Gasteiger partial charge in [0, 0.05) is 6.54 Å². The van der Waals surface area contributed by atoms with E-state index in [0.29, 0.717) is 17.7 Å². The van der Waals surface area contributed by atoms with Gasteiger partial charge in [-0.05, 0) is 59.6 Å². The maximum Gasteiger partial charge on any atom is 0.262 e. The summed E-state index contributed by atoms with van der Waals surface area (Å²) in [7, 11) is 0. The third kappa shape index (κ3) is 4.88. The van der Waals surface area contributed by atoms with Gasteiger partial charge in [-0.25, -0.2) is 0 Å². The third-order valence-electron chi connectivity index (χ3n) is 7.97. The van der Waals surface area contributed by atoms with Crippen molar-refractivity contribution in [3.8, 4) is 0 Å². The van der Waals surface area contributed by atoms with E-state index in [9.17, 15) is 14.4 Å². The Morgan fingerprint density at radius 2 is 1.28 bits per heavy atom. The van der Waals surface area contributed by atoms with Gasteiger partial charge in [-0.3, -0.25) is 19.3 Å². The average molecular weight is 515 g/mol. The van der Waals surface area contributed by atoms with Crippen LogP contribution >= 0.6 is 0 Å². The summed E-state index contributed by atoms with van der Waals surface area (Å²) in [5.74, 6) is -0.854. The monoisotopic (exact) mass is 514 g/mol. The minimum atomic E-state index is -0.409. The molecule has 5 nitrogen and oxygen atoms in total. The Balaban J connectivity index is 1.38. The molecule has 0 spiro atoms. The number of fused-ring (bicyclic) bond motifs is 2. The Morgan fingerprint density at radius 1 is 0.718 bits per heavy atom. The van der Waals surface area contributed by atoms with Gasteiger partial charge < -0.3 is 4.90 Å². The van der Waals surface area contributed by atoms with E-state index in [1.807, 2.05) is 47.4 Å². The summed E-state index contributed by atoms with van der Waals surface area (Å²) in [6, 6.07) is 35.3. The predicted molar refractivity (Wildman–Crippen MR) is 150 cm³/mol. The highest BCUT2D eigenvalue weighted by molar-refractivity contribution is 6.22. The molecule has 0 saturated carbocycles.